The minimum atomic E-state index is -3.90. The molecule has 1 N–H and O–H groups in total. The van der Waals surface area contributed by atoms with Crippen molar-refractivity contribution < 1.29 is 17.2 Å². The monoisotopic (exact) mass is 530 g/mol. The highest BCUT2D eigenvalue weighted by Gasteiger charge is 2.42. The molecule has 36 heavy (non-hydrogen) atoms. The summed E-state index contributed by atoms with van der Waals surface area (Å²) in [6.45, 7) is 3.24. The van der Waals surface area contributed by atoms with Crippen LogP contribution >= 0.6 is 11.6 Å². The third kappa shape index (κ3) is 3.94. The molecule has 3 aromatic heterocycles. The Kier molecular flexibility index (Phi) is 5.83. The topological polar surface area (TPSA) is 97.7 Å². The molecule has 1 saturated carbocycles. The second-order valence-corrected chi connectivity index (χ2v) is 11.4. The maximum Gasteiger partial charge on any atom is 0.274 e. The Hall–Kier alpha value is -3.37. The quantitative estimate of drug-likeness (QED) is 0.398. The summed E-state index contributed by atoms with van der Waals surface area (Å²) in [5.41, 5.74) is 1.02. The number of rotatable bonds is 5. The van der Waals surface area contributed by atoms with Gasteiger partial charge in [0.1, 0.15) is 15.6 Å². The van der Waals surface area contributed by atoms with E-state index in [2.05, 4.69) is 15.2 Å². The fourth-order valence-electron chi connectivity index (χ4n) is 4.66. The van der Waals surface area contributed by atoms with E-state index in [1.165, 1.54) is 18.3 Å². The van der Waals surface area contributed by atoms with Crippen molar-refractivity contribution in [3.05, 3.63) is 92.3 Å². The Morgan fingerprint density at radius 3 is 2.56 bits per heavy atom. The number of nitrogens with zero attached hydrogens (tertiary/aromatic N) is 3. The van der Waals surface area contributed by atoms with E-state index < -0.39 is 37.6 Å². The molecule has 2 atom stereocenters. The molecule has 0 saturated heterocycles. The highest BCUT2D eigenvalue weighted by molar-refractivity contribution is 7.90. The normalized spacial score (nSPS) is 17.4. The second-order valence-electron chi connectivity index (χ2n) is 9.02. The lowest BCUT2D eigenvalue weighted by Gasteiger charge is -2.18. The van der Waals surface area contributed by atoms with E-state index in [0.717, 1.165) is 28.9 Å². The molecule has 4 aromatic rings. The van der Waals surface area contributed by atoms with Gasteiger partial charge in [0.15, 0.2) is 21.5 Å². The van der Waals surface area contributed by atoms with Gasteiger partial charge in [-0.15, -0.1) is 0 Å². The van der Waals surface area contributed by atoms with Gasteiger partial charge in [-0.2, -0.15) is 5.10 Å². The smallest absolute Gasteiger partial charge is 0.274 e. The number of hydrogen-bond donors (Lipinski definition) is 1. The van der Waals surface area contributed by atoms with Crippen LogP contribution in [0.2, 0.25) is 5.02 Å². The van der Waals surface area contributed by atoms with Crippen molar-refractivity contribution in [3.63, 3.8) is 0 Å². The number of sulfone groups is 1. The summed E-state index contributed by atoms with van der Waals surface area (Å²) in [5, 5.41) is 6.74. The van der Waals surface area contributed by atoms with Gasteiger partial charge in [0.05, 0.1) is 11.9 Å². The second kappa shape index (κ2) is 8.63. The molecule has 0 unspecified atom stereocenters. The Morgan fingerprint density at radius 1 is 1.14 bits per heavy atom. The molecule has 11 heteroatoms. The van der Waals surface area contributed by atoms with Crippen molar-refractivity contribution in [1.29, 1.82) is 0 Å². The van der Waals surface area contributed by atoms with E-state index in [9.17, 15) is 13.2 Å². The Morgan fingerprint density at radius 2 is 1.89 bits per heavy atom. The summed E-state index contributed by atoms with van der Waals surface area (Å²) in [5.74, 6) is -1.84. The van der Waals surface area contributed by atoms with Gasteiger partial charge >= 0.3 is 0 Å². The van der Waals surface area contributed by atoms with Crippen molar-refractivity contribution >= 4 is 21.4 Å². The van der Waals surface area contributed by atoms with E-state index >= 15 is 8.78 Å². The number of H-pyrrole nitrogens is 1. The van der Waals surface area contributed by atoms with Gasteiger partial charge in [-0.1, -0.05) is 17.7 Å². The van der Waals surface area contributed by atoms with E-state index in [1.807, 2.05) is 6.20 Å². The van der Waals surface area contributed by atoms with Crippen LogP contribution in [0.4, 0.5) is 8.78 Å². The Balaban J connectivity index is 1.65. The predicted molar refractivity (Wildman–Crippen MR) is 131 cm³/mol. The number of aromatic nitrogens is 4. The molecule has 0 spiro atoms. The fraction of sp³-hybridized carbons (Fsp3) is 0.240. The van der Waals surface area contributed by atoms with E-state index in [0.29, 0.717) is 16.8 Å². The highest BCUT2D eigenvalue weighted by atomic mass is 35.5. The molecule has 1 aliphatic rings. The minimum absolute atomic E-state index is 0.0148. The van der Waals surface area contributed by atoms with Crippen molar-refractivity contribution in [3.8, 4) is 16.9 Å². The number of hydrogen-bond acceptors (Lipinski definition) is 5. The lowest BCUT2D eigenvalue weighted by Crippen LogP contribution is -2.24. The first kappa shape index (κ1) is 24.3. The number of aromatic amines is 1. The van der Waals surface area contributed by atoms with Gasteiger partial charge in [0.2, 0.25) is 0 Å². The number of halogens is 3. The molecule has 1 fully saturated rings. The molecular weight excluding hydrogens is 510 g/mol. The van der Waals surface area contributed by atoms with Gasteiger partial charge in [-0.05, 0) is 67.0 Å². The standard InChI is InChI=1S/C25H21ClF2N4O3S/c1-12-9-29-23(15-5-4-6-19(21(15)27)36(3,34)35)22(28)24(12)32-13(2)7-18(20(26)25(32)33)17-8-16(17)14-10-30-31-11-14/h4-7,9-11,16-17H,8H2,1-3H3,(H,30,31)/t16-,17+/m1/s1. The minimum Gasteiger partial charge on any atom is -0.285 e. The SMILES string of the molecule is Cc1cnc(-c2cccc(S(C)(=O)=O)c2F)c(F)c1-n1c(C)cc([C@H]2C[C@@H]2c2cn[nH]c2)c(Cl)c1=O. The summed E-state index contributed by atoms with van der Waals surface area (Å²) < 4.78 is 56.1. The number of benzene rings is 1. The molecular formula is C25H21ClF2N4O3S. The molecule has 186 valence electrons. The zero-order valence-electron chi connectivity index (χ0n) is 19.5. The van der Waals surface area contributed by atoms with Crippen molar-refractivity contribution in [2.45, 2.75) is 37.0 Å². The van der Waals surface area contributed by atoms with Crippen molar-refractivity contribution in [2.75, 3.05) is 6.26 Å². The van der Waals surface area contributed by atoms with Crippen LogP contribution in [0.5, 0.6) is 0 Å². The number of nitrogens with one attached hydrogen (secondary N) is 1. The summed E-state index contributed by atoms with van der Waals surface area (Å²) in [4.78, 5) is 16.9. The zero-order chi connectivity index (χ0) is 25.9. The average Bonchev–Trinajstić information content (AvgIpc) is 3.41. The third-order valence-corrected chi connectivity index (χ3v) is 8.01. The lowest BCUT2D eigenvalue weighted by molar-refractivity contribution is 0.569. The first-order chi connectivity index (χ1) is 17.0. The van der Waals surface area contributed by atoms with Gasteiger partial charge in [-0.25, -0.2) is 17.2 Å². The van der Waals surface area contributed by atoms with Crippen LogP contribution in [-0.4, -0.2) is 34.4 Å². The molecule has 0 bridgehead atoms. The highest BCUT2D eigenvalue weighted by Crippen LogP contribution is 2.55. The van der Waals surface area contributed by atoms with Gasteiger partial charge in [0, 0.05) is 29.9 Å². The van der Waals surface area contributed by atoms with Crippen LogP contribution in [0.3, 0.4) is 0 Å². The van der Waals surface area contributed by atoms with Crippen molar-refractivity contribution in [1.82, 2.24) is 19.7 Å². The molecule has 7 nitrogen and oxygen atoms in total. The Bertz CT molecular complexity index is 1680. The van der Waals surface area contributed by atoms with Crippen molar-refractivity contribution in [2.24, 2.45) is 0 Å². The van der Waals surface area contributed by atoms with Crippen LogP contribution in [0.1, 0.15) is 40.6 Å². The zero-order valence-corrected chi connectivity index (χ0v) is 21.1. The lowest BCUT2D eigenvalue weighted by atomic mass is 10.0. The predicted octanol–water partition coefficient (Wildman–Crippen LogP) is 4.85. The molecule has 0 amide bonds. The Labute approximate surface area is 210 Å². The van der Waals surface area contributed by atoms with Gasteiger partial charge in [0.25, 0.3) is 5.56 Å². The van der Waals surface area contributed by atoms with E-state index in [-0.39, 0.29) is 28.1 Å². The van der Waals surface area contributed by atoms with Crippen LogP contribution in [0.25, 0.3) is 16.9 Å². The maximum absolute atomic E-state index is 15.9. The van der Waals surface area contributed by atoms with Crippen LogP contribution in [-0.2, 0) is 9.84 Å². The van der Waals surface area contributed by atoms with Gasteiger partial charge < -0.3 is 0 Å². The molecule has 5 rings (SSSR count). The van der Waals surface area contributed by atoms with E-state index in [4.69, 9.17) is 11.6 Å². The van der Waals surface area contributed by atoms with Crippen LogP contribution < -0.4 is 5.56 Å². The van der Waals surface area contributed by atoms with Gasteiger partial charge in [-0.3, -0.25) is 19.4 Å². The van der Waals surface area contributed by atoms with Crippen LogP contribution in [0.15, 0.2) is 52.5 Å². The largest absolute Gasteiger partial charge is 0.285 e. The summed E-state index contributed by atoms with van der Waals surface area (Å²) in [7, 11) is -3.90. The van der Waals surface area contributed by atoms with Crippen LogP contribution in [0, 0.1) is 25.5 Å². The maximum atomic E-state index is 15.9. The third-order valence-electron chi connectivity index (χ3n) is 6.52. The number of aryl methyl sites for hydroxylation is 2. The first-order valence-corrected chi connectivity index (χ1v) is 13.3. The summed E-state index contributed by atoms with van der Waals surface area (Å²) in [6.07, 6.45) is 6.53. The molecule has 0 radical (unpaired) electrons. The summed E-state index contributed by atoms with van der Waals surface area (Å²) >= 11 is 6.52. The number of pyridine rings is 2. The molecule has 0 aliphatic heterocycles. The summed E-state index contributed by atoms with van der Waals surface area (Å²) in [6, 6.07) is 5.41. The van der Waals surface area contributed by atoms with E-state index in [1.54, 1.807) is 26.1 Å². The molecule has 1 aromatic carbocycles. The average molecular weight is 531 g/mol. The molecule has 1 aliphatic carbocycles. The fourth-order valence-corrected chi connectivity index (χ4v) is 5.70. The first-order valence-electron chi connectivity index (χ1n) is 11.1. The molecule has 3 heterocycles.